The van der Waals surface area contributed by atoms with Gasteiger partial charge in [-0.2, -0.15) is 0 Å². The number of rotatable bonds is 11. The van der Waals surface area contributed by atoms with Crippen LogP contribution >= 0.6 is 0 Å². The second-order valence-corrected chi connectivity index (χ2v) is 12.5. The molecule has 1 N–H and O–H groups in total. The number of ether oxygens (including phenoxy) is 2. The summed E-state index contributed by atoms with van der Waals surface area (Å²) in [6.45, 7) is 4.71. The van der Waals surface area contributed by atoms with Gasteiger partial charge in [0.05, 0.1) is 13.5 Å². The van der Waals surface area contributed by atoms with Gasteiger partial charge in [0.2, 0.25) is 0 Å². The van der Waals surface area contributed by atoms with Gasteiger partial charge in [-0.15, -0.1) is 0 Å². The number of carbonyl (C=O) groups is 1. The van der Waals surface area contributed by atoms with Crippen LogP contribution in [0.2, 0.25) is 0 Å². The van der Waals surface area contributed by atoms with Gasteiger partial charge in [-0.3, -0.25) is 4.79 Å². The lowest BCUT2D eigenvalue weighted by Crippen LogP contribution is -2.26. The maximum absolute atomic E-state index is 15.6. The van der Waals surface area contributed by atoms with Crippen molar-refractivity contribution in [2.75, 3.05) is 7.11 Å². The number of carboxylic acid groups (broad SMARTS) is 1. The molecule has 5 rings (SSSR count). The van der Waals surface area contributed by atoms with Crippen molar-refractivity contribution in [3.63, 3.8) is 0 Å². The van der Waals surface area contributed by atoms with E-state index >= 15 is 8.78 Å². The molecule has 0 heterocycles. The first-order valence-electron chi connectivity index (χ1n) is 14.8. The van der Waals surface area contributed by atoms with Crippen molar-refractivity contribution in [3.8, 4) is 22.6 Å². The van der Waals surface area contributed by atoms with Gasteiger partial charge >= 0.3 is 5.97 Å². The zero-order valence-corrected chi connectivity index (χ0v) is 24.2. The standard InChI is InChI=1S/C35H40F2O4/c1-35(2)16-5-4-8-30(35)28-18-23(12-14-27(28)29-20-25(40-3)13-15-31(29)36)21-41-32-9-6-7-26(34(32)37)24(19-33(38)39)17-22-10-11-22/h6-7,9,12-15,18,20,22,24,30H,4-5,8,10-11,16-17,19,21H2,1-3H3,(H,38,39)/t24-,30+/m0/s1. The quantitative estimate of drug-likeness (QED) is 0.253. The van der Waals surface area contributed by atoms with Crippen molar-refractivity contribution >= 4 is 5.97 Å². The minimum atomic E-state index is -0.924. The molecule has 0 bridgehead atoms. The summed E-state index contributed by atoms with van der Waals surface area (Å²) in [4.78, 5) is 11.5. The van der Waals surface area contributed by atoms with Crippen LogP contribution in [0.3, 0.4) is 0 Å². The van der Waals surface area contributed by atoms with Crippen LogP contribution in [0.1, 0.15) is 93.7 Å². The van der Waals surface area contributed by atoms with E-state index in [2.05, 4.69) is 19.9 Å². The molecule has 0 spiro atoms. The third-order valence-corrected chi connectivity index (χ3v) is 9.03. The maximum Gasteiger partial charge on any atom is 0.303 e. The largest absolute Gasteiger partial charge is 0.497 e. The van der Waals surface area contributed by atoms with Gasteiger partial charge in [-0.05, 0) is 89.0 Å². The highest BCUT2D eigenvalue weighted by Crippen LogP contribution is 2.50. The average Bonchev–Trinajstić information content (AvgIpc) is 3.76. The van der Waals surface area contributed by atoms with Gasteiger partial charge in [-0.1, -0.05) is 69.9 Å². The zero-order chi connectivity index (χ0) is 29.1. The highest BCUT2D eigenvalue weighted by atomic mass is 19.1. The Morgan fingerprint density at radius 3 is 2.54 bits per heavy atom. The monoisotopic (exact) mass is 562 g/mol. The van der Waals surface area contributed by atoms with Crippen LogP contribution in [0.15, 0.2) is 54.6 Å². The average molecular weight is 563 g/mol. The van der Waals surface area contributed by atoms with Crippen LogP contribution in [-0.2, 0) is 11.4 Å². The maximum atomic E-state index is 15.6. The predicted molar refractivity (Wildman–Crippen MR) is 156 cm³/mol. The molecule has 6 heteroatoms. The number of methoxy groups -OCH3 is 1. The molecule has 41 heavy (non-hydrogen) atoms. The Balaban J connectivity index is 1.45. The number of halogens is 2. The molecule has 3 aromatic rings. The first-order valence-corrected chi connectivity index (χ1v) is 14.8. The fraction of sp³-hybridized carbons (Fsp3) is 0.457. The summed E-state index contributed by atoms with van der Waals surface area (Å²) in [5, 5.41) is 9.43. The normalized spacial score (nSPS) is 19.0. The van der Waals surface area contributed by atoms with Crippen LogP contribution < -0.4 is 9.47 Å². The van der Waals surface area contributed by atoms with Crippen molar-refractivity contribution in [2.45, 2.75) is 83.7 Å². The molecule has 2 saturated carbocycles. The molecule has 0 saturated heterocycles. The Bertz CT molecular complexity index is 1390. The van der Waals surface area contributed by atoms with Gasteiger partial charge in [0.15, 0.2) is 11.6 Å². The minimum Gasteiger partial charge on any atom is -0.497 e. The van der Waals surface area contributed by atoms with Gasteiger partial charge in [0, 0.05) is 5.56 Å². The summed E-state index contributed by atoms with van der Waals surface area (Å²) < 4.78 is 42.2. The van der Waals surface area contributed by atoms with E-state index in [0.717, 1.165) is 48.8 Å². The predicted octanol–water partition coefficient (Wildman–Crippen LogP) is 9.26. The molecule has 0 aromatic heterocycles. The summed E-state index contributed by atoms with van der Waals surface area (Å²) in [6, 6.07) is 15.8. The van der Waals surface area contributed by atoms with Gasteiger partial charge < -0.3 is 14.6 Å². The molecule has 0 radical (unpaired) electrons. The van der Waals surface area contributed by atoms with E-state index < -0.39 is 11.8 Å². The number of benzene rings is 3. The van der Waals surface area contributed by atoms with Crippen molar-refractivity contribution in [1.82, 2.24) is 0 Å². The number of carboxylic acids is 1. The lowest BCUT2D eigenvalue weighted by Gasteiger charge is -2.40. The third kappa shape index (κ3) is 6.74. The SMILES string of the molecule is COc1ccc(F)c(-c2ccc(COc3cccc([C@H](CC(=O)O)CC4CC4)c3F)cc2[C@H]2CCCCC2(C)C)c1. The molecule has 4 nitrogen and oxygen atoms in total. The zero-order valence-electron chi connectivity index (χ0n) is 24.2. The second kappa shape index (κ2) is 12.2. The van der Waals surface area contributed by atoms with Crippen LogP contribution in [0, 0.1) is 23.0 Å². The molecule has 3 aromatic carbocycles. The molecule has 218 valence electrons. The molecule has 0 unspecified atom stereocenters. The van der Waals surface area contributed by atoms with Gasteiger partial charge in [-0.25, -0.2) is 8.78 Å². The number of hydrogen-bond acceptors (Lipinski definition) is 3. The molecule has 0 aliphatic heterocycles. The fourth-order valence-corrected chi connectivity index (χ4v) is 6.55. The Labute approximate surface area is 241 Å². The summed E-state index contributed by atoms with van der Waals surface area (Å²) in [5.74, 6) is -0.659. The fourth-order valence-electron chi connectivity index (χ4n) is 6.55. The lowest BCUT2D eigenvalue weighted by atomic mass is 9.65. The summed E-state index contributed by atoms with van der Waals surface area (Å²) in [7, 11) is 1.58. The van der Waals surface area contributed by atoms with Crippen molar-refractivity contribution in [3.05, 3.63) is 82.9 Å². The van der Waals surface area contributed by atoms with Crippen LogP contribution in [0.25, 0.3) is 11.1 Å². The molecular weight excluding hydrogens is 522 g/mol. The van der Waals surface area contributed by atoms with E-state index in [1.807, 2.05) is 12.1 Å². The van der Waals surface area contributed by atoms with E-state index in [0.29, 0.717) is 29.2 Å². The van der Waals surface area contributed by atoms with E-state index in [1.54, 1.807) is 37.4 Å². The minimum absolute atomic E-state index is 0.0446. The highest BCUT2D eigenvalue weighted by Gasteiger charge is 2.35. The molecule has 0 amide bonds. The smallest absolute Gasteiger partial charge is 0.303 e. The van der Waals surface area contributed by atoms with E-state index in [-0.39, 0.29) is 41.8 Å². The first-order chi connectivity index (χ1) is 19.7. The highest BCUT2D eigenvalue weighted by molar-refractivity contribution is 5.71. The first kappa shape index (κ1) is 29.1. The second-order valence-electron chi connectivity index (χ2n) is 12.5. The van der Waals surface area contributed by atoms with Crippen molar-refractivity contribution < 1.29 is 28.2 Å². The van der Waals surface area contributed by atoms with Gasteiger partial charge in [0.1, 0.15) is 18.2 Å². The Morgan fingerprint density at radius 2 is 1.83 bits per heavy atom. The summed E-state index contributed by atoms with van der Waals surface area (Å²) in [6.07, 6.45) is 7.12. The van der Waals surface area contributed by atoms with E-state index in [1.165, 1.54) is 12.5 Å². The number of aliphatic carboxylic acids is 1. The molecule has 2 aliphatic carbocycles. The summed E-state index contributed by atoms with van der Waals surface area (Å²) in [5.41, 5.74) is 3.75. The lowest BCUT2D eigenvalue weighted by molar-refractivity contribution is -0.137. The van der Waals surface area contributed by atoms with E-state index in [9.17, 15) is 9.90 Å². The number of hydrogen-bond donors (Lipinski definition) is 1. The van der Waals surface area contributed by atoms with Gasteiger partial charge in [0.25, 0.3) is 0 Å². The molecule has 2 aliphatic rings. The molecular formula is C35H40F2O4. The topological polar surface area (TPSA) is 55.8 Å². The van der Waals surface area contributed by atoms with E-state index in [4.69, 9.17) is 9.47 Å². The third-order valence-electron chi connectivity index (χ3n) is 9.03. The molecule has 2 fully saturated rings. The molecule has 2 atom stereocenters. The van der Waals surface area contributed by atoms with Crippen molar-refractivity contribution in [1.29, 1.82) is 0 Å². The van der Waals surface area contributed by atoms with Crippen molar-refractivity contribution in [2.24, 2.45) is 11.3 Å². The van der Waals surface area contributed by atoms with Crippen LogP contribution in [-0.4, -0.2) is 18.2 Å². The Kier molecular flexibility index (Phi) is 8.67. The Hall–Kier alpha value is -3.41. The van der Waals surface area contributed by atoms with Crippen LogP contribution in [0.4, 0.5) is 8.78 Å². The Morgan fingerprint density at radius 1 is 1.02 bits per heavy atom. The van der Waals surface area contributed by atoms with Crippen LogP contribution in [0.5, 0.6) is 11.5 Å². The summed E-state index contributed by atoms with van der Waals surface area (Å²) >= 11 is 0.